The van der Waals surface area contributed by atoms with Crippen LogP contribution < -0.4 is 5.46 Å². The summed E-state index contributed by atoms with van der Waals surface area (Å²) in [5.41, 5.74) is 7.83. The van der Waals surface area contributed by atoms with Crippen LogP contribution in [0.1, 0.15) is 76.8 Å². The van der Waals surface area contributed by atoms with Gasteiger partial charge in [0.1, 0.15) is 14.6 Å². The molecule has 0 spiro atoms. The lowest BCUT2D eigenvalue weighted by Gasteiger charge is -2.37. The van der Waals surface area contributed by atoms with Crippen LogP contribution in [0.5, 0.6) is 0 Å². The van der Waals surface area contributed by atoms with Gasteiger partial charge in [0.05, 0.1) is 0 Å². The topological polar surface area (TPSA) is 0 Å². The van der Waals surface area contributed by atoms with Crippen LogP contribution in [0.2, 0.25) is 19.5 Å². The van der Waals surface area contributed by atoms with Crippen molar-refractivity contribution in [2.75, 3.05) is 0 Å². The molecule has 3 unspecified atom stereocenters. The van der Waals surface area contributed by atoms with Crippen LogP contribution in [0.3, 0.4) is 0 Å². The average molecular weight is 358 g/mol. The summed E-state index contributed by atoms with van der Waals surface area (Å²) < 4.78 is 0. The summed E-state index contributed by atoms with van der Waals surface area (Å²) in [5, 5.41) is 0. The first kappa shape index (κ1) is 20.6. The van der Waals surface area contributed by atoms with Crippen molar-refractivity contribution in [3.8, 4) is 0 Å². The molecule has 0 aromatic heterocycles. The van der Waals surface area contributed by atoms with E-state index in [-0.39, 0.29) is 5.41 Å². The number of allylic oxidation sites excluding steroid dienone is 4. The van der Waals surface area contributed by atoms with E-state index in [2.05, 4.69) is 79.3 Å². The molecule has 0 saturated carbocycles. The average Bonchev–Trinajstić information content (AvgIpc) is 2.94. The van der Waals surface area contributed by atoms with Gasteiger partial charge >= 0.3 is 0 Å². The summed E-state index contributed by atoms with van der Waals surface area (Å²) in [6, 6.07) is 7.13. The number of fused-ring (bicyclic) bond motifs is 2. The molecule has 3 rings (SSSR count). The summed E-state index contributed by atoms with van der Waals surface area (Å²) in [6.07, 6.45) is 14.4. The van der Waals surface area contributed by atoms with Crippen molar-refractivity contribution in [3.05, 3.63) is 47.1 Å². The Balaban J connectivity index is 1.89. The van der Waals surface area contributed by atoms with Gasteiger partial charge in [0.2, 0.25) is 0 Å². The molecule has 0 nitrogen and oxygen atoms in total. The second-order valence-electron chi connectivity index (χ2n) is 8.83. The number of unbranched alkanes of at least 4 members (excludes halogenated alkanes) is 5. The molecule has 27 heavy (non-hydrogen) atoms. The van der Waals surface area contributed by atoms with Crippen molar-refractivity contribution in [2.45, 2.75) is 90.6 Å². The molecular formula is C25H36B2. The van der Waals surface area contributed by atoms with Gasteiger partial charge in [-0.2, -0.15) is 0 Å². The van der Waals surface area contributed by atoms with Gasteiger partial charge in [-0.05, 0) is 40.4 Å². The van der Waals surface area contributed by atoms with E-state index in [0.717, 1.165) is 0 Å². The maximum absolute atomic E-state index is 2.53. The maximum atomic E-state index is 2.53. The fourth-order valence-electron chi connectivity index (χ4n) is 5.44. The molecular weight excluding hydrogens is 322 g/mol. The molecule has 3 atom stereocenters. The zero-order chi connectivity index (χ0) is 19.4. The van der Waals surface area contributed by atoms with Crippen molar-refractivity contribution in [1.29, 1.82) is 0 Å². The highest BCUT2D eigenvalue weighted by Gasteiger charge is 2.44. The van der Waals surface area contributed by atoms with Crippen molar-refractivity contribution >= 4 is 25.6 Å². The number of rotatable bonds is 9. The standard InChI is InChI=1S/C25H36B2/c1-6-7-8-9-10-11-16-25(3)22-17-19(26-4)12-13-20(22)21-14-15-23(27-5)18(2)24(21)25/h12-15,17-18,23H,6-11,16H2,1-5H3. The molecule has 0 fully saturated rings. The van der Waals surface area contributed by atoms with E-state index >= 15 is 0 Å². The van der Waals surface area contributed by atoms with Crippen LogP contribution in [0.4, 0.5) is 0 Å². The number of hydrogen-bond acceptors (Lipinski definition) is 0. The monoisotopic (exact) mass is 358 g/mol. The van der Waals surface area contributed by atoms with Crippen molar-refractivity contribution in [3.63, 3.8) is 0 Å². The van der Waals surface area contributed by atoms with Crippen molar-refractivity contribution in [1.82, 2.24) is 0 Å². The number of hydrogen-bond donors (Lipinski definition) is 0. The molecule has 142 valence electrons. The fourth-order valence-corrected chi connectivity index (χ4v) is 5.44. The summed E-state index contributed by atoms with van der Waals surface area (Å²) in [7, 11) is 4.62. The molecule has 1 aromatic carbocycles. The Hall–Kier alpha value is -1.17. The summed E-state index contributed by atoms with van der Waals surface area (Å²) in [4.78, 5) is 0. The molecule has 0 amide bonds. The minimum absolute atomic E-state index is 0.194. The summed E-state index contributed by atoms with van der Waals surface area (Å²) in [6.45, 7) is 11.6. The largest absolute Gasteiger partial charge is 0.148 e. The molecule has 2 heteroatoms. The van der Waals surface area contributed by atoms with Crippen LogP contribution in [-0.2, 0) is 5.41 Å². The third-order valence-corrected chi connectivity index (χ3v) is 7.08. The predicted octanol–water partition coefficient (Wildman–Crippen LogP) is 6.59. The van der Waals surface area contributed by atoms with Gasteiger partial charge in [-0.1, -0.05) is 109 Å². The van der Waals surface area contributed by atoms with E-state index in [1.165, 1.54) is 61.5 Å². The Bertz CT molecular complexity index is 715. The molecule has 0 heterocycles. The second-order valence-corrected chi connectivity index (χ2v) is 8.83. The third-order valence-electron chi connectivity index (χ3n) is 7.08. The molecule has 2 aliphatic rings. The minimum atomic E-state index is 0.194. The van der Waals surface area contributed by atoms with Gasteiger partial charge in [0.25, 0.3) is 0 Å². The van der Waals surface area contributed by atoms with Crippen molar-refractivity contribution in [2.24, 2.45) is 5.92 Å². The van der Waals surface area contributed by atoms with E-state index in [4.69, 9.17) is 0 Å². The molecule has 2 aliphatic carbocycles. The Labute approximate surface area is 169 Å². The molecule has 1 aromatic rings. The molecule has 0 saturated heterocycles. The van der Waals surface area contributed by atoms with Gasteiger partial charge in [0, 0.05) is 5.41 Å². The Morgan fingerprint density at radius 3 is 2.48 bits per heavy atom. The van der Waals surface area contributed by atoms with E-state index < -0.39 is 0 Å². The molecule has 0 aliphatic heterocycles. The molecule has 0 bridgehead atoms. The molecule has 2 radical (unpaired) electrons. The Kier molecular flexibility index (Phi) is 6.77. The highest BCUT2D eigenvalue weighted by molar-refractivity contribution is 6.52. The van der Waals surface area contributed by atoms with E-state index in [1.807, 2.05) is 0 Å². The predicted molar refractivity (Wildman–Crippen MR) is 124 cm³/mol. The Morgan fingerprint density at radius 1 is 1.04 bits per heavy atom. The normalized spacial score (nSPS) is 26.1. The first-order valence-electron chi connectivity index (χ1n) is 11.2. The van der Waals surface area contributed by atoms with E-state index in [9.17, 15) is 0 Å². The van der Waals surface area contributed by atoms with Crippen LogP contribution in [0.15, 0.2) is 35.9 Å². The van der Waals surface area contributed by atoms with Gasteiger partial charge in [-0.25, -0.2) is 0 Å². The highest BCUT2D eigenvalue weighted by Crippen LogP contribution is 2.56. The van der Waals surface area contributed by atoms with Crippen LogP contribution in [0, 0.1) is 5.92 Å². The lowest BCUT2D eigenvalue weighted by molar-refractivity contribution is 0.431. The highest BCUT2D eigenvalue weighted by atomic mass is 14.5. The smallest absolute Gasteiger partial charge is 0.0914 e. The maximum Gasteiger partial charge on any atom is 0.148 e. The van der Waals surface area contributed by atoms with Crippen molar-refractivity contribution < 1.29 is 0 Å². The van der Waals surface area contributed by atoms with Gasteiger partial charge < -0.3 is 0 Å². The van der Waals surface area contributed by atoms with Crippen LogP contribution in [-0.4, -0.2) is 14.6 Å². The first-order valence-corrected chi connectivity index (χ1v) is 11.2. The van der Waals surface area contributed by atoms with Gasteiger partial charge in [-0.15, -0.1) is 0 Å². The number of benzene rings is 1. The third kappa shape index (κ3) is 3.87. The molecule has 0 N–H and O–H groups in total. The van der Waals surface area contributed by atoms with Crippen LogP contribution >= 0.6 is 0 Å². The Morgan fingerprint density at radius 2 is 1.78 bits per heavy atom. The van der Waals surface area contributed by atoms with Gasteiger partial charge in [-0.3, -0.25) is 0 Å². The second kappa shape index (κ2) is 8.89. The zero-order valence-corrected chi connectivity index (χ0v) is 18.1. The lowest BCUT2D eigenvalue weighted by Crippen LogP contribution is -2.30. The van der Waals surface area contributed by atoms with E-state index in [1.54, 1.807) is 11.1 Å². The van der Waals surface area contributed by atoms with Gasteiger partial charge in [0.15, 0.2) is 0 Å². The fraction of sp³-hybridized carbons (Fsp3) is 0.600. The summed E-state index contributed by atoms with van der Waals surface area (Å²) in [5.74, 6) is 1.17. The summed E-state index contributed by atoms with van der Waals surface area (Å²) >= 11 is 0. The SMILES string of the molecule is C[B]c1ccc2c(c1)C(C)(CCCCCCCC)C1=C2C=CC([B]C)C1C. The van der Waals surface area contributed by atoms with Crippen LogP contribution in [0.25, 0.3) is 5.57 Å². The quantitative estimate of drug-likeness (QED) is 0.345. The lowest BCUT2D eigenvalue weighted by atomic mass is 9.55. The zero-order valence-electron chi connectivity index (χ0n) is 18.1. The first-order chi connectivity index (χ1) is 13.1. The minimum Gasteiger partial charge on any atom is -0.0914 e. The van der Waals surface area contributed by atoms with E-state index in [0.29, 0.717) is 11.7 Å².